The molecule has 0 spiro atoms. The van der Waals surface area contributed by atoms with Crippen LogP contribution >= 0.6 is 11.3 Å². The average molecular weight is 394 g/mol. The molecule has 1 aromatic heterocycles. The largest absolute Gasteiger partial charge is 0.496 e. The van der Waals surface area contributed by atoms with Crippen LogP contribution in [0.2, 0.25) is 0 Å². The minimum absolute atomic E-state index is 0.149. The summed E-state index contributed by atoms with van der Waals surface area (Å²) >= 11 is 1.29. The maximum Gasteiger partial charge on any atom is 0.253 e. The zero-order valence-electron chi connectivity index (χ0n) is 15.2. The first-order valence-corrected chi connectivity index (χ1v) is 10.9. The lowest BCUT2D eigenvalue weighted by atomic mass is 10.0. The van der Waals surface area contributed by atoms with Gasteiger partial charge in [0.05, 0.1) is 13.2 Å². The SMILES string of the molecule is CCc1ccc(S(=O)(=O)N2CCCC2C(=O)c2ccc(OC)c(C)c2)s1. The summed E-state index contributed by atoms with van der Waals surface area (Å²) in [4.78, 5) is 14.0. The van der Waals surface area contributed by atoms with Crippen molar-refractivity contribution in [3.8, 4) is 5.75 Å². The highest BCUT2D eigenvalue weighted by atomic mass is 32.2. The van der Waals surface area contributed by atoms with Crippen molar-refractivity contribution in [1.82, 2.24) is 4.31 Å². The van der Waals surface area contributed by atoms with E-state index in [0.717, 1.165) is 16.9 Å². The van der Waals surface area contributed by atoms with Crippen LogP contribution in [0.5, 0.6) is 5.75 Å². The summed E-state index contributed by atoms with van der Waals surface area (Å²) in [6, 6.07) is 8.08. The molecular formula is C19H23NO4S2. The maximum atomic E-state index is 13.0. The Hall–Kier alpha value is -1.70. The van der Waals surface area contributed by atoms with Gasteiger partial charge in [-0.05, 0) is 62.1 Å². The Morgan fingerprint density at radius 3 is 2.69 bits per heavy atom. The summed E-state index contributed by atoms with van der Waals surface area (Å²) in [5, 5.41) is 0. The number of nitrogens with zero attached hydrogens (tertiary/aromatic N) is 1. The number of Topliss-reactive ketones (excluding diaryl/α,β-unsaturated/α-hetero) is 1. The van der Waals surface area contributed by atoms with E-state index in [2.05, 4.69) is 0 Å². The molecule has 1 aliphatic rings. The summed E-state index contributed by atoms with van der Waals surface area (Å²) in [5.74, 6) is 0.562. The van der Waals surface area contributed by atoms with Crippen molar-refractivity contribution in [2.24, 2.45) is 0 Å². The standard InChI is InChI=1S/C19H23NO4S2/c1-4-15-8-10-18(25-15)26(22,23)20-11-5-6-16(20)19(21)14-7-9-17(24-3)13(2)12-14/h7-10,12,16H,4-6,11H2,1-3H3. The van der Waals surface area contributed by atoms with Crippen molar-refractivity contribution in [2.45, 2.75) is 43.4 Å². The first-order chi connectivity index (χ1) is 12.4. The van der Waals surface area contributed by atoms with E-state index >= 15 is 0 Å². The van der Waals surface area contributed by atoms with Gasteiger partial charge in [-0.1, -0.05) is 6.92 Å². The molecule has 1 atom stereocenters. The van der Waals surface area contributed by atoms with Gasteiger partial charge in [0.15, 0.2) is 5.78 Å². The minimum Gasteiger partial charge on any atom is -0.496 e. The molecule has 0 bridgehead atoms. The zero-order valence-corrected chi connectivity index (χ0v) is 16.8. The van der Waals surface area contributed by atoms with Crippen LogP contribution in [0.1, 0.15) is 40.6 Å². The van der Waals surface area contributed by atoms with Gasteiger partial charge >= 0.3 is 0 Å². The number of aryl methyl sites for hydroxylation is 2. The summed E-state index contributed by atoms with van der Waals surface area (Å²) < 4.78 is 33.0. The van der Waals surface area contributed by atoms with Crippen molar-refractivity contribution in [2.75, 3.05) is 13.7 Å². The van der Waals surface area contributed by atoms with E-state index < -0.39 is 16.1 Å². The quantitative estimate of drug-likeness (QED) is 0.703. The van der Waals surface area contributed by atoms with E-state index in [4.69, 9.17) is 4.74 Å². The van der Waals surface area contributed by atoms with Gasteiger partial charge in [-0.3, -0.25) is 4.79 Å². The molecular weight excluding hydrogens is 370 g/mol. The van der Waals surface area contributed by atoms with Crippen LogP contribution in [-0.2, 0) is 16.4 Å². The van der Waals surface area contributed by atoms with Crippen LogP contribution in [0, 0.1) is 6.92 Å². The Labute approximate surface area is 158 Å². The maximum absolute atomic E-state index is 13.0. The molecule has 1 aliphatic heterocycles. The Morgan fingerprint density at radius 2 is 2.08 bits per heavy atom. The molecule has 2 heterocycles. The van der Waals surface area contributed by atoms with E-state index in [1.54, 1.807) is 31.4 Å². The second-order valence-corrected chi connectivity index (χ2v) is 9.68. The lowest BCUT2D eigenvalue weighted by Gasteiger charge is -2.22. The third-order valence-corrected chi connectivity index (χ3v) is 8.34. The summed E-state index contributed by atoms with van der Waals surface area (Å²) in [7, 11) is -2.06. The topological polar surface area (TPSA) is 63.7 Å². The van der Waals surface area contributed by atoms with Crippen molar-refractivity contribution in [1.29, 1.82) is 0 Å². The fourth-order valence-corrected chi connectivity index (χ4v) is 6.40. The van der Waals surface area contributed by atoms with Crippen LogP contribution in [0.15, 0.2) is 34.5 Å². The third-order valence-electron chi connectivity index (χ3n) is 4.73. The van der Waals surface area contributed by atoms with E-state index in [-0.39, 0.29) is 5.78 Å². The van der Waals surface area contributed by atoms with Crippen LogP contribution < -0.4 is 4.74 Å². The number of thiophene rings is 1. The van der Waals surface area contributed by atoms with E-state index in [9.17, 15) is 13.2 Å². The van der Waals surface area contributed by atoms with Crippen LogP contribution in [0.4, 0.5) is 0 Å². The van der Waals surface area contributed by atoms with Crippen LogP contribution in [-0.4, -0.2) is 38.2 Å². The first kappa shape index (κ1) is 19.1. The van der Waals surface area contributed by atoms with E-state index in [1.165, 1.54) is 15.6 Å². The number of ketones is 1. The number of methoxy groups -OCH3 is 1. The van der Waals surface area contributed by atoms with Gasteiger partial charge in [0.2, 0.25) is 0 Å². The smallest absolute Gasteiger partial charge is 0.253 e. The molecule has 1 unspecified atom stereocenters. The molecule has 1 aromatic carbocycles. The number of carbonyl (C=O) groups excluding carboxylic acids is 1. The fraction of sp³-hybridized carbons (Fsp3) is 0.421. The molecule has 0 amide bonds. The summed E-state index contributed by atoms with van der Waals surface area (Å²) in [6.07, 6.45) is 2.04. The van der Waals surface area contributed by atoms with Crippen LogP contribution in [0.25, 0.3) is 0 Å². The van der Waals surface area contributed by atoms with Crippen LogP contribution in [0.3, 0.4) is 0 Å². The second-order valence-electron chi connectivity index (χ2n) is 6.40. The van der Waals surface area contributed by atoms with Crippen molar-refractivity contribution < 1.29 is 17.9 Å². The molecule has 3 rings (SSSR count). The number of rotatable bonds is 6. The third kappa shape index (κ3) is 3.43. The average Bonchev–Trinajstić information content (AvgIpc) is 3.30. The molecule has 0 N–H and O–H groups in total. The van der Waals surface area contributed by atoms with Gasteiger partial charge < -0.3 is 4.74 Å². The van der Waals surface area contributed by atoms with Gasteiger partial charge in [0.1, 0.15) is 9.96 Å². The lowest BCUT2D eigenvalue weighted by Crippen LogP contribution is -2.40. The minimum atomic E-state index is -3.65. The molecule has 1 fully saturated rings. The monoisotopic (exact) mass is 393 g/mol. The number of ether oxygens (including phenoxy) is 1. The number of sulfonamides is 1. The van der Waals surface area contributed by atoms with Gasteiger partial charge in [-0.15, -0.1) is 11.3 Å². The number of hydrogen-bond acceptors (Lipinski definition) is 5. The Bertz CT molecular complexity index is 917. The fourth-order valence-electron chi connectivity index (χ4n) is 3.32. The number of benzene rings is 1. The second kappa shape index (κ2) is 7.50. The molecule has 2 aromatic rings. The predicted molar refractivity (Wildman–Crippen MR) is 103 cm³/mol. The van der Waals surface area contributed by atoms with Gasteiger partial charge in [-0.2, -0.15) is 4.31 Å². The van der Waals surface area contributed by atoms with Crippen molar-refractivity contribution >= 4 is 27.1 Å². The van der Waals surface area contributed by atoms with E-state index in [0.29, 0.717) is 34.9 Å². The highest BCUT2D eigenvalue weighted by molar-refractivity contribution is 7.91. The molecule has 140 valence electrons. The molecule has 7 heteroatoms. The molecule has 5 nitrogen and oxygen atoms in total. The molecule has 1 saturated heterocycles. The van der Waals surface area contributed by atoms with Gasteiger partial charge in [0.25, 0.3) is 10.0 Å². The summed E-state index contributed by atoms with van der Waals surface area (Å²) in [5.41, 5.74) is 1.38. The van der Waals surface area contributed by atoms with Gasteiger partial charge in [0, 0.05) is 17.0 Å². The number of hydrogen-bond donors (Lipinski definition) is 0. The van der Waals surface area contributed by atoms with Crippen molar-refractivity contribution in [3.05, 3.63) is 46.3 Å². The lowest BCUT2D eigenvalue weighted by molar-refractivity contribution is 0.0918. The molecule has 0 radical (unpaired) electrons. The predicted octanol–water partition coefficient (Wildman–Crippen LogP) is 3.66. The number of carbonyl (C=O) groups is 1. The normalized spacial score (nSPS) is 18.2. The van der Waals surface area contributed by atoms with E-state index in [1.807, 2.05) is 19.9 Å². The first-order valence-electron chi connectivity index (χ1n) is 8.68. The molecule has 26 heavy (non-hydrogen) atoms. The Kier molecular flexibility index (Phi) is 5.50. The molecule has 0 aliphatic carbocycles. The van der Waals surface area contributed by atoms with Gasteiger partial charge in [-0.25, -0.2) is 8.42 Å². The van der Waals surface area contributed by atoms with Crippen molar-refractivity contribution in [3.63, 3.8) is 0 Å². The highest BCUT2D eigenvalue weighted by Crippen LogP contribution is 2.32. The molecule has 0 saturated carbocycles. The Balaban J connectivity index is 1.90. The summed E-state index contributed by atoms with van der Waals surface area (Å²) in [6.45, 7) is 4.25. The Morgan fingerprint density at radius 1 is 1.31 bits per heavy atom. The highest BCUT2D eigenvalue weighted by Gasteiger charge is 2.40. The zero-order chi connectivity index (χ0) is 18.9.